The number of carbonyl (C=O) groups excluding carboxylic acids is 1. The molecule has 1 saturated heterocycles. The summed E-state index contributed by atoms with van der Waals surface area (Å²) in [6.07, 6.45) is 0. The first kappa shape index (κ1) is 18.9. The Morgan fingerprint density at radius 1 is 1.04 bits per heavy atom. The van der Waals surface area contributed by atoms with Gasteiger partial charge in [-0.25, -0.2) is 13.2 Å². The lowest BCUT2D eigenvalue weighted by Crippen LogP contribution is -2.51. The van der Waals surface area contributed by atoms with E-state index in [1.54, 1.807) is 35.2 Å². The third-order valence-corrected chi connectivity index (χ3v) is 6.67. The Bertz CT molecular complexity index is 892. The number of nitrogens with zero attached hydrogens (tertiary/aromatic N) is 2. The summed E-state index contributed by atoms with van der Waals surface area (Å²) >= 11 is 3.37. The zero-order valence-electron chi connectivity index (χ0n) is 14.4. The zero-order valence-corrected chi connectivity index (χ0v) is 16.8. The summed E-state index contributed by atoms with van der Waals surface area (Å²) < 4.78 is 27.7. The molecular formula is C18H20BrN3O3S. The molecule has 0 saturated carbocycles. The molecule has 0 radical (unpaired) electrons. The van der Waals surface area contributed by atoms with Crippen molar-refractivity contribution in [2.75, 3.05) is 31.5 Å². The van der Waals surface area contributed by atoms with Gasteiger partial charge >= 0.3 is 6.03 Å². The van der Waals surface area contributed by atoms with E-state index in [2.05, 4.69) is 21.2 Å². The standard InChI is InChI=1S/C18H20BrN3O3S/c1-14-5-7-17(8-6-14)26(24,25)22-11-9-21(10-12-22)18(23)20-16-4-2-3-15(19)13-16/h2-8,13H,9-12H2,1H3,(H,20,23). The third kappa shape index (κ3) is 4.25. The summed E-state index contributed by atoms with van der Waals surface area (Å²) in [5.74, 6) is 0. The van der Waals surface area contributed by atoms with Gasteiger partial charge in [0.15, 0.2) is 0 Å². The molecule has 8 heteroatoms. The molecule has 3 rings (SSSR count). The predicted molar refractivity (Wildman–Crippen MR) is 105 cm³/mol. The lowest BCUT2D eigenvalue weighted by Gasteiger charge is -2.34. The van der Waals surface area contributed by atoms with Gasteiger partial charge in [-0.1, -0.05) is 39.7 Å². The Hall–Kier alpha value is -1.90. The molecule has 0 spiro atoms. The molecule has 2 aromatic rings. The first-order valence-corrected chi connectivity index (χ1v) is 10.5. The lowest BCUT2D eigenvalue weighted by atomic mass is 10.2. The van der Waals surface area contributed by atoms with Crippen LogP contribution in [0.5, 0.6) is 0 Å². The molecule has 1 fully saturated rings. The Labute approximate surface area is 162 Å². The highest BCUT2D eigenvalue weighted by molar-refractivity contribution is 9.10. The van der Waals surface area contributed by atoms with Gasteiger partial charge < -0.3 is 10.2 Å². The van der Waals surface area contributed by atoms with Gasteiger partial charge in [-0.05, 0) is 37.3 Å². The fourth-order valence-electron chi connectivity index (χ4n) is 2.76. The van der Waals surface area contributed by atoms with Gasteiger partial charge in [0.05, 0.1) is 4.90 Å². The summed E-state index contributed by atoms with van der Waals surface area (Å²) in [5.41, 5.74) is 1.71. The molecule has 1 N–H and O–H groups in total. The number of rotatable bonds is 3. The zero-order chi connectivity index (χ0) is 18.7. The Kier molecular flexibility index (Phi) is 5.64. The molecule has 0 bridgehead atoms. The number of aryl methyl sites for hydroxylation is 1. The number of halogens is 1. The van der Waals surface area contributed by atoms with E-state index in [-0.39, 0.29) is 24.0 Å². The maximum absolute atomic E-state index is 12.7. The first-order chi connectivity index (χ1) is 12.4. The molecule has 2 aromatic carbocycles. The van der Waals surface area contributed by atoms with Gasteiger partial charge in [-0.15, -0.1) is 0 Å². The molecule has 1 heterocycles. The van der Waals surface area contributed by atoms with E-state index in [4.69, 9.17) is 0 Å². The number of hydrogen-bond donors (Lipinski definition) is 1. The van der Waals surface area contributed by atoms with Crippen molar-refractivity contribution >= 4 is 37.7 Å². The molecular weight excluding hydrogens is 418 g/mol. The summed E-state index contributed by atoms with van der Waals surface area (Å²) in [4.78, 5) is 14.3. The highest BCUT2D eigenvalue weighted by Crippen LogP contribution is 2.19. The molecule has 0 aromatic heterocycles. The van der Waals surface area contributed by atoms with Crippen molar-refractivity contribution in [3.05, 3.63) is 58.6 Å². The fraction of sp³-hybridized carbons (Fsp3) is 0.278. The number of sulfonamides is 1. The van der Waals surface area contributed by atoms with Gasteiger partial charge in [-0.3, -0.25) is 0 Å². The minimum atomic E-state index is -3.52. The second kappa shape index (κ2) is 7.77. The molecule has 6 nitrogen and oxygen atoms in total. The van der Waals surface area contributed by atoms with Crippen LogP contribution in [0.25, 0.3) is 0 Å². The van der Waals surface area contributed by atoms with Crippen molar-refractivity contribution in [2.24, 2.45) is 0 Å². The topological polar surface area (TPSA) is 69.7 Å². The van der Waals surface area contributed by atoms with Crippen molar-refractivity contribution in [3.63, 3.8) is 0 Å². The highest BCUT2D eigenvalue weighted by atomic mass is 79.9. The monoisotopic (exact) mass is 437 g/mol. The summed E-state index contributed by atoms with van der Waals surface area (Å²) in [6.45, 7) is 3.18. The van der Waals surface area contributed by atoms with E-state index in [9.17, 15) is 13.2 Å². The molecule has 26 heavy (non-hydrogen) atoms. The SMILES string of the molecule is Cc1ccc(S(=O)(=O)N2CCN(C(=O)Nc3cccc(Br)c3)CC2)cc1. The second-order valence-electron chi connectivity index (χ2n) is 6.14. The lowest BCUT2D eigenvalue weighted by molar-refractivity contribution is 0.184. The van der Waals surface area contributed by atoms with Crippen LogP contribution in [0, 0.1) is 6.92 Å². The Morgan fingerprint density at radius 2 is 1.69 bits per heavy atom. The van der Waals surface area contributed by atoms with E-state index in [1.165, 1.54) is 4.31 Å². The van der Waals surface area contributed by atoms with E-state index in [0.29, 0.717) is 18.8 Å². The predicted octanol–water partition coefficient (Wildman–Crippen LogP) is 3.30. The Morgan fingerprint density at radius 3 is 2.31 bits per heavy atom. The number of urea groups is 1. The number of amides is 2. The van der Waals surface area contributed by atoms with Crippen LogP contribution in [-0.4, -0.2) is 49.8 Å². The first-order valence-electron chi connectivity index (χ1n) is 8.24. The average Bonchev–Trinajstić information content (AvgIpc) is 2.62. The molecule has 1 aliphatic rings. The number of carbonyl (C=O) groups is 1. The smallest absolute Gasteiger partial charge is 0.321 e. The van der Waals surface area contributed by atoms with E-state index < -0.39 is 10.0 Å². The van der Waals surface area contributed by atoms with Crippen LogP contribution < -0.4 is 5.32 Å². The van der Waals surface area contributed by atoms with Crippen LogP contribution in [0.15, 0.2) is 57.9 Å². The van der Waals surface area contributed by atoms with E-state index >= 15 is 0 Å². The normalized spacial score (nSPS) is 15.7. The number of anilines is 1. The van der Waals surface area contributed by atoms with Crippen molar-refractivity contribution in [1.29, 1.82) is 0 Å². The van der Waals surface area contributed by atoms with Crippen molar-refractivity contribution in [2.45, 2.75) is 11.8 Å². The minimum Gasteiger partial charge on any atom is -0.322 e. The van der Waals surface area contributed by atoms with Crippen LogP contribution in [-0.2, 0) is 10.0 Å². The van der Waals surface area contributed by atoms with E-state index in [1.807, 2.05) is 25.1 Å². The molecule has 138 valence electrons. The quantitative estimate of drug-likeness (QED) is 0.800. The Balaban J connectivity index is 1.61. The maximum Gasteiger partial charge on any atom is 0.321 e. The van der Waals surface area contributed by atoms with Gasteiger partial charge in [0, 0.05) is 36.3 Å². The maximum atomic E-state index is 12.7. The molecule has 0 unspecified atom stereocenters. The fourth-order valence-corrected chi connectivity index (χ4v) is 4.58. The highest BCUT2D eigenvalue weighted by Gasteiger charge is 2.30. The van der Waals surface area contributed by atoms with E-state index in [0.717, 1.165) is 10.0 Å². The summed E-state index contributed by atoms with van der Waals surface area (Å²) in [6, 6.07) is 13.9. The number of hydrogen-bond acceptors (Lipinski definition) is 3. The van der Waals surface area contributed by atoms with Crippen LogP contribution >= 0.6 is 15.9 Å². The molecule has 0 aliphatic carbocycles. The minimum absolute atomic E-state index is 0.226. The van der Waals surface area contributed by atoms with Crippen molar-refractivity contribution in [3.8, 4) is 0 Å². The van der Waals surface area contributed by atoms with Crippen LogP contribution in [0.1, 0.15) is 5.56 Å². The van der Waals surface area contributed by atoms with Crippen LogP contribution in [0.2, 0.25) is 0 Å². The van der Waals surface area contributed by atoms with Gasteiger partial charge in [0.25, 0.3) is 0 Å². The van der Waals surface area contributed by atoms with Crippen LogP contribution in [0.3, 0.4) is 0 Å². The van der Waals surface area contributed by atoms with Crippen molar-refractivity contribution < 1.29 is 13.2 Å². The summed E-state index contributed by atoms with van der Waals surface area (Å²) in [5, 5.41) is 2.83. The number of nitrogens with one attached hydrogen (secondary N) is 1. The third-order valence-electron chi connectivity index (χ3n) is 4.26. The number of benzene rings is 2. The van der Waals surface area contributed by atoms with Crippen molar-refractivity contribution in [1.82, 2.24) is 9.21 Å². The number of piperazine rings is 1. The second-order valence-corrected chi connectivity index (χ2v) is 9.00. The molecule has 2 amide bonds. The van der Waals surface area contributed by atoms with Gasteiger partial charge in [-0.2, -0.15) is 4.31 Å². The molecule has 1 aliphatic heterocycles. The van der Waals surface area contributed by atoms with Crippen LogP contribution in [0.4, 0.5) is 10.5 Å². The van der Waals surface area contributed by atoms with Gasteiger partial charge in [0.1, 0.15) is 0 Å². The molecule has 0 atom stereocenters. The van der Waals surface area contributed by atoms with Gasteiger partial charge in [0.2, 0.25) is 10.0 Å². The average molecular weight is 438 g/mol. The largest absolute Gasteiger partial charge is 0.322 e. The summed E-state index contributed by atoms with van der Waals surface area (Å²) in [7, 11) is -3.52.